The van der Waals surface area contributed by atoms with Crippen LogP contribution in [0.25, 0.3) is 11.1 Å². The van der Waals surface area contributed by atoms with Crippen LogP contribution in [0, 0.1) is 0 Å². The Morgan fingerprint density at radius 3 is 2.64 bits per heavy atom. The van der Waals surface area contributed by atoms with E-state index in [1.54, 1.807) is 0 Å². The van der Waals surface area contributed by atoms with Gasteiger partial charge in [0.15, 0.2) is 0 Å². The third-order valence-corrected chi connectivity index (χ3v) is 6.03. The van der Waals surface area contributed by atoms with Crippen molar-refractivity contribution in [3.8, 4) is 17.0 Å². The molecule has 0 unspecified atom stereocenters. The van der Waals surface area contributed by atoms with E-state index in [4.69, 9.17) is 16.3 Å². The van der Waals surface area contributed by atoms with E-state index in [2.05, 4.69) is 22.0 Å². The molecule has 1 N–H and O–H groups in total. The van der Waals surface area contributed by atoms with Crippen molar-refractivity contribution in [2.45, 2.75) is 31.5 Å². The standard InChI is InChI=1S/C25H24ClF3N2O2/c26-22-6-2-1-5-21(22)17-7-9-23(18(14-17)4-3-13-32)31-12-11-20(16-31)33-24-10-8-19(15-30-24)25(27,28)29/h1-2,5-10,14-15,20,32H,3-4,11-13,16H2/t20-/m0/s1. The van der Waals surface area contributed by atoms with Crippen LogP contribution in [0.1, 0.15) is 24.0 Å². The number of pyridine rings is 1. The number of hydrogen-bond acceptors (Lipinski definition) is 4. The lowest BCUT2D eigenvalue weighted by Gasteiger charge is -2.23. The molecular weight excluding hydrogens is 453 g/mol. The summed E-state index contributed by atoms with van der Waals surface area (Å²) in [5.41, 5.74) is 3.33. The lowest BCUT2D eigenvalue weighted by Crippen LogP contribution is -2.25. The van der Waals surface area contributed by atoms with Crippen LogP contribution in [0.5, 0.6) is 5.88 Å². The van der Waals surface area contributed by atoms with Gasteiger partial charge in [-0.05, 0) is 48.2 Å². The van der Waals surface area contributed by atoms with E-state index >= 15 is 0 Å². The maximum atomic E-state index is 12.7. The number of benzene rings is 2. The zero-order valence-electron chi connectivity index (χ0n) is 17.9. The fraction of sp³-hybridized carbons (Fsp3) is 0.320. The van der Waals surface area contributed by atoms with Crippen molar-refractivity contribution in [3.05, 3.63) is 76.9 Å². The average molecular weight is 477 g/mol. The predicted molar refractivity (Wildman–Crippen MR) is 123 cm³/mol. The van der Waals surface area contributed by atoms with Gasteiger partial charge in [0.1, 0.15) is 6.10 Å². The van der Waals surface area contributed by atoms with E-state index in [9.17, 15) is 18.3 Å². The number of aromatic nitrogens is 1. The Balaban J connectivity index is 1.50. The molecule has 174 valence electrons. The van der Waals surface area contributed by atoms with Crippen molar-refractivity contribution in [2.75, 3.05) is 24.6 Å². The second kappa shape index (κ2) is 10.0. The summed E-state index contributed by atoms with van der Waals surface area (Å²) in [5.74, 6) is 0.185. The van der Waals surface area contributed by atoms with Crippen LogP contribution >= 0.6 is 11.6 Å². The zero-order valence-corrected chi connectivity index (χ0v) is 18.6. The maximum absolute atomic E-state index is 12.7. The van der Waals surface area contributed by atoms with Crippen LogP contribution < -0.4 is 9.64 Å². The highest BCUT2D eigenvalue weighted by atomic mass is 35.5. The number of hydrogen-bond donors (Lipinski definition) is 1. The molecule has 2 heterocycles. The van der Waals surface area contributed by atoms with Gasteiger partial charge < -0.3 is 14.7 Å². The summed E-state index contributed by atoms with van der Waals surface area (Å²) in [6, 6.07) is 16.1. The number of rotatable bonds is 7. The number of nitrogens with zero attached hydrogens (tertiary/aromatic N) is 2. The fourth-order valence-electron chi connectivity index (χ4n) is 4.06. The van der Waals surface area contributed by atoms with Crippen molar-refractivity contribution >= 4 is 17.3 Å². The molecular formula is C25H24ClF3N2O2. The van der Waals surface area contributed by atoms with E-state index in [-0.39, 0.29) is 18.6 Å². The number of aryl methyl sites for hydroxylation is 1. The number of alkyl halides is 3. The SMILES string of the molecule is OCCCc1cc(-c2ccccc2Cl)ccc1N1CC[C@H](Oc2ccc(C(F)(F)F)cn2)C1. The summed E-state index contributed by atoms with van der Waals surface area (Å²) in [6.45, 7) is 1.45. The molecule has 0 spiro atoms. The predicted octanol–water partition coefficient (Wildman–Crippen LogP) is 6.00. The van der Waals surface area contributed by atoms with Gasteiger partial charge >= 0.3 is 6.18 Å². The molecule has 0 radical (unpaired) electrons. The van der Waals surface area contributed by atoms with E-state index in [1.165, 1.54) is 6.07 Å². The third-order valence-electron chi connectivity index (χ3n) is 5.71. The van der Waals surface area contributed by atoms with Crippen LogP contribution in [0.2, 0.25) is 5.02 Å². The Hall–Kier alpha value is -2.77. The lowest BCUT2D eigenvalue weighted by atomic mass is 9.98. The molecule has 1 aliphatic heterocycles. The smallest absolute Gasteiger partial charge is 0.417 e. The van der Waals surface area contributed by atoms with Crippen molar-refractivity contribution in [1.82, 2.24) is 4.98 Å². The van der Waals surface area contributed by atoms with Crippen LogP contribution in [0.3, 0.4) is 0 Å². The van der Waals surface area contributed by atoms with E-state index in [0.717, 1.165) is 47.6 Å². The summed E-state index contributed by atoms with van der Waals surface area (Å²) >= 11 is 6.38. The highest BCUT2D eigenvalue weighted by molar-refractivity contribution is 6.33. The Bertz CT molecular complexity index is 1090. The molecule has 1 atom stereocenters. The summed E-state index contributed by atoms with van der Waals surface area (Å²) < 4.78 is 44.1. The topological polar surface area (TPSA) is 45.6 Å². The van der Waals surface area contributed by atoms with Gasteiger partial charge in [-0.15, -0.1) is 0 Å². The van der Waals surface area contributed by atoms with Gasteiger partial charge in [-0.3, -0.25) is 0 Å². The first-order chi connectivity index (χ1) is 15.8. The van der Waals surface area contributed by atoms with Gasteiger partial charge in [-0.1, -0.05) is 35.9 Å². The Morgan fingerprint density at radius 1 is 1.12 bits per heavy atom. The second-order valence-electron chi connectivity index (χ2n) is 8.01. The molecule has 1 fully saturated rings. The van der Waals surface area contributed by atoms with Gasteiger partial charge in [0.05, 0.1) is 12.1 Å². The molecule has 0 saturated carbocycles. The first kappa shape index (κ1) is 23.4. The van der Waals surface area contributed by atoms with E-state index in [1.807, 2.05) is 30.3 Å². The summed E-state index contributed by atoms with van der Waals surface area (Å²) in [5, 5.41) is 10.0. The van der Waals surface area contributed by atoms with Gasteiger partial charge in [-0.25, -0.2) is 4.98 Å². The van der Waals surface area contributed by atoms with Gasteiger partial charge in [-0.2, -0.15) is 13.2 Å². The first-order valence-electron chi connectivity index (χ1n) is 10.8. The molecule has 0 aliphatic carbocycles. The Kier molecular flexibility index (Phi) is 7.10. The van der Waals surface area contributed by atoms with E-state index < -0.39 is 11.7 Å². The molecule has 3 aromatic rings. The number of aliphatic hydroxyl groups is 1. The summed E-state index contributed by atoms with van der Waals surface area (Å²) in [4.78, 5) is 6.02. The van der Waals surface area contributed by atoms with E-state index in [0.29, 0.717) is 24.4 Å². The first-order valence-corrected chi connectivity index (χ1v) is 11.2. The minimum atomic E-state index is -4.42. The van der Waals surface area contributed by atoms with Crippen molar-refractivity contribution in [1.29, 1.82) is 0 Å². The van der Waals surface area contributed by atoms with Crippen LogP contribution in [0.4, 0.5) is 18.9 Å². The largest absolute Gasteiger partial charge is 0.472 e. The minimum Gasteiger partial charge on any atom is -0.472 e. The number of anilines is 1. The van der Waals surface area contributed by atoms with Crippen molar-refractivity contribution < 1.29 is 23.0 Å². The molecule has 4 rings (SSSR count). The van der Waals surface area contributed by atoms with Gasteiger partial charge in [0, 0.05) is 48.1 Å². The zero-order chi connectivity index (χ0) is 23.4. The maximum Gasteiger partial charge on any atom is 0.417 e. The number of ether oxygens (including phenoxy) is 1. The van der Waals surface area contributed by atoms with Crippen LogP contribution in [-0.4, -0.2) is 35.9 Å². The van der Waals surface area contributed by atoms with Crippen LogP contribution in [-0.2, 0) is 12.6 Å². The molecule has 4 nitrogen and oxygen atoms in total. The van der Waals surface area contributed by atoms with Gasteiger partial charge in [0.2, 0.25) is 5.88 Å². The average Bonchev–Trinajstić information content (AvgIpc) is 3.26. The minimum absolute atomic E-state index is 0.0983. The molecule has 1 aliphatic rings. The second-order valence-corrected chi connectivity index (χ2v) is 8.42. The van der Waals surface area contributed by atoms with Crippen LogP contribution in [0.15, 0.2) is 60.8 Å². The lowest BCUT2D eigenvalue weighted by molar-refractivity contribution is -0.137. The monoisotopic (exact) mass is 476 g/mol. The quantitative estimate of drug-likeness (QED) is 0.454. The van der Waals surface area contributed by atoms with Gasteiger partial charge in [0.25, 0.3) is 0 Å². The van der Waals surface area contributed by atoms with Crippen molar-refractivity contribution in [2.24, 2.45) is 0 Å². The Labute approximate surface area is 195 Å². The molecule has 0 amide bonds. The highest BCUT2D eigenvalue weighted by Crippen LogP contribution is 2.34. The molecule has 0 bridgehead atoms. The number of halogens is 4. The molecule has 8 heteroatoms. The molecule has 1 saturated heterocycles. The fourth-order valence-corrected chi connectivity index (χ4v) is 4.30. The third kappa shape index (κ3) is 5.60. The number of aliphatic hydroxyl groups excluding tert-OH is 1. The summed E-state index contributed by atoms with van der Waals surface area (Å²) in [7, 11) is 0. The normalized spacial score (nSPS) is 16.3. The van der Waals surface area contributed by atoms with Crippen molar-refractivity contribution in [3.63, 3.8) is 0 Å². The molecule has 2 aromatic carbocycles. The molecule has 1 aromatic heterocycles. The summed E-state index contributed by atoms with van der Waals surface area (Å²) in [6.07, 6.45) is -1.72. The highest BCUT2D eigenvalue weighted by Gasteiger charge is 2.31. The Morgan fingerprint density at radius 2 is 1.94 bits per heavy atom. The molecule has 33 heavy (non-hydrogen) atoms.